The lowest BCUT2D eigenvalue weighted by molar-refractivity contribution is 0.0986. The number of carbonyl (C=O) groups is 1. The second kappa shape index (κ2) is 8.53. The van der Waals surface area contributed by atoms with Gasteiger partial charge in [0.15, 0.2) is 0 Å². The van der Waals surface area contributed by atoms with E-state index in [0.29, 0.717) is 22.5 Å². The van der Waals surface area contributed by atoms with E-state index in [1.54, 1.807) is 53.6 Å². The van der Waals surface area contributed by atoms with E-state index < -0.39 is 11.3 Å². The first kappa shape index (κ1) is 20.4. The molecule has 0 bridgehead atoms. The molecule has 3 aromatic carbocycles. The van der Waals surface area contributed by atoms with Crippen LogP contribution >= 0.6 is 0 Å². The maximum atomic E-state index is 13.8. The number of anilines is 3. The van der Waals surface area contributed by atoms with Crippen LogP contribution in [0.1, 0.15) is 23.2 Å². The third kappa shape index (κ3) is 3.77. The van der Waals surface area contributed by atoms with E-state index >= 15 is 0 Å². The monoisotopic (exact) mass is 442 g/mol. The van der Waals surface area contributed by atoms with Crippen molar-refractivity contribution >= 4 is 45.1 Å². The molecule has 1 heterocycles. The number of carbonyl (C=O) groups excluding carboxylic acids is 1. The zero-order valence-electron chi connectivity index (χ0n) is 17.1. The summed E-state index contributed by atoms with van der Waals surface area (Å²) in [5.74, 6) is -0.224. The van der Waals surface area contributed by atoms with Gasteiger partial charge in [0.25, 0.3) is 5.91 Å². The van der Waals surface area contributed by atoms with Crippen LogP contribution in [-0.4, -0.2) is 25.7 Å². The molecule has 1 unspecified atom stereocenters. The fourth-order valence-electron chi connectivity index (χ4n) is 3.92. The van der Waals surface area contributed by atoms with Crippen LogP contribution in [0.25, 0.3) is 10.9 Å². The van der Waals surface area contributed by atoms with Gasteiger partial charge in [0.2, 0.25) is 0 Å². The van der Waals surface area contributed by atoms with Gasteiger partial charge in [0, 0.05) is 23.3 Å². The normalized spacial score (nSPS) is 14.2. The Morgan fingerprint density at radius 1 is 0.875 bits per heavy atom. The smallest absolute Gasteiger partial charge is 0.260 e. The van der Waals surface area contributed by atoms with Gasteiger partial charge in [-0.3, -0.25) is 18.3 Å². The van der Waals surface area contributed by atoms with Gasteiger partial charge in [0.1, 0.15) is 0 Å². The third-order valence-corrected chi connectivity index (χ3v) is 6.19. The lowest BCUT2D eigenvalue weighted by atomic mass is 10.1. The van der Waals surface area contributed by atoms with Gasteiger partial charge in [-0.25, -0.2) is 0 Å². The van der Waals surface area contributed by atoms with Crippen molar-refractivity contribution in [3.05, 3.63) is 96.7 Å². The molecule has 5 rings (SSSR count). The van der Waals surface area contributed by atoms with Gasteiger partial charge >= 0.3 is 0 Å². The van der Waals surface area contributed by atoms with Gasteiger partial charge in [-0.05, 0) is 49.2 Å². The van der Waals surface area contributed by atoms with E-state index in [9.17, 15) is 13.6 Å². The Hall–Kier alpha value is -3.55. The fraction of sp³-hybridized carbons (Fsp3) is 0.120. The molecule has 1 amide bonds. The van der Waals surface area contributed by atoms with Gasteiger partial charge in [-0.2, -0.15) is 0 Å². The summed E-state index contributed by atoms with van der Waals surface area (Å²) in [7, 11) is 0. The summed E-state index contributed by atoms with van der Waals surface area (Å²) >= 11 is -2.67. The van der Waals surface area contributed by atoms with Gasteiger partial charge in [-0.1, -0.05) is 48.5 Å². The van der Waals surface area contributed by atoms with Crippen molar-refractivity contribution in [3.8, 4) is 0 Å². The molecule has 32 heavy (non-hydrogen) atoms. The van der Waals surface area contributed by atoms with E-state index in [4.69, 9.17) is 0 Å². The molecule has 4 aromatic rings. The standard InChI is InChI=1S/C25H21N3O3S/c29-25(27(20-15-16-20)19-10-2-1-3-11-19)21-12-4-5-13-22(21)28(32(30)31)23-14-6-8-18-9-7-17-26-24(18)23/h1-14,17,20H,15-16H2,(H,30,31)/p-1. The van der Waals surface area contributed by atoms with Gasteiger partial charge in [0.05, 0.1) is 33.7 Å². The summed E-state index contributed by atoms with van der Waals surface area (Å²) in [6, 6.07) is 25.4. The second-order valence-corrected chi connectivity index (χ2v) is 8.42. The van der Waals surface area contributed by atoms with Crippen LogP contribution in [0.4, 0.5) is 17.1 Å². The molecular weight excluding hydrogens is 422 g/mol. The SMILES string of the molecule is O=C(c1ccccc1N(c1cccc2cccnc12)S(=O)[O-])N(c1ccccc1)C1CC1. The van der Waals surface area contributed by atoms with Crippen molar-refractivity contribution in [1.82, 2.24) is 4.98 Å². The summed E-state index contributed by atoms with van der Waals surface area (Å²) in [6.45, 7) is 0. The molecule has 0 spiro atoms. The minimum absolute atomic E-state index is 0.114. The number of hydrogen-bond acceptors (Lipinski definition) is 4. The zero-order valence-corrected chi connectivity index (χ0v) is 17.9. The van der Waals surface area contributed by atoms with Gasteiger partial charge < -0.3 is 9.45 Å². The molecule has 0 aliphatic heterocycles. The summed E-state index contributed by atoms with van der Waals surface area (Å²) in [6.07, 6.45) is 3.47. The molecule has 6 nitrogen and oxygen atoms in total. The first-order valence-electron chi connectivity index (χ1n) is 10.4. The number of para-hydroxylation sites is 3. The predicted octanol–water partition coefficient (Wildman–Crippen LogP) is 4.98. The van der Waals surface area contributed by atoms with Crippen molar-refractivity contribution < 1.29 is 13.6 Å². The Kier molecular flexibility index (Phi) is 5.43. The van der Waals surface area contributed by atoms with E-state index in [0.717, 1.165) is 28.2 Å². The summed E-state index contributed by atoms with van der Waals surface area (Å²) < 4.78 is 26.1. The Balaban J connectivity index is 1.64. The van der Waals surface area contributed by atoms with E-state index in [1.165, 1.54) is 0 Å². The Morgan fingerprint density at radius 3 is 2.31 bits per heavy atom. The molecule has 1 aromatic heterocycles. The highest BCUT2D eigenvalue weighted by Crippen LogP contribution is 2.38. The lowest BCUT2D eigenvalue weighted by Gasteiger charge is -2.30. The van der Waals surface area contributed by atoms with Crippen LogP contribution in [0.2, 0.25) is 0 Å². The van der Waals surface area contributed by atoms with E-state index in [2.05, 4.69) is 4.98 Å². The topological polar surface area (TPSA) is 76.6 Å². The molecule has 160 valence electrons. The molecule has 1 saturated carbocycles. The molecule has 1 aliphatic carbocycles. The van der Waals surface area contributed by atoms with Crippen molar-refractivity contribution in [2.45, 2.75) is 18.9 Å². The van der Waals surface area contributed by atoms with Crippen molar-refractivity contribution in [1.29, 1.82) is 0 Å². The van der Waals surface area contributed by atoms with Crippen molar-refractivity contribution in [2.75, 3.05) is 9.21 Å². The highest BCUT2D eigenvalue weighted by molar-refractivity contribution is 7.81. The number of nitrogens with zero attached hydrogens (tertiary/aromatic N) is 3. The molecule has 0 N–H and O–H groups in total. The molecule has 0 saturated heterocycles. The number of amides is 1. The molecule has 1 aliphatic rings. The van der Waals surface area contributed by atoms with Crippen LogP contribution in [0.5, 0.6) is 0 Å². The summed E-state index contributed by atoms with van der Waals surface area (Å²) in [5.41, 5.74) is 2.36. The van der Waals surface area contributed by atoms with Crippen LogP contribution in [0, 0.1) is 0 Å². The zero-order chi connectivity index (χ0) is 22.1. The predicted molar refractivity (Wildman–Crippen MR) is 126 cm³/mol. The van der Waals surface area contributed by atoms with Crippen LogP contribution < -0.4 is 9.21 Å². The molecule has 0 radical (unpaired) electrons. The number of rotatable bonds is 6. The number of pyridine rings is 1. The number of benzene rings is 3. The molecule has 1 fully saturated rings. The first-order chi connectivity index (χ1) is 15.6. The number of hydrogen-bond donors (Lipinski definition) is 0. The number of aromatic nitrogens is 1. The highest BCUT2D eigenvalue weighted by atomic mass is 32.2. The highest BCUT2D eigenvalue weighted by Gasteiger charge is 2.35. The summed E-state index contributed by atoms with van der Waals surface area (Å²) in [5, 5.41) is 0.813. The van der Waals surface area contributed by atoms with Crippen LogP contribution in [-0.2, 0) is 11.3 Å². The van der Waals surface area contributed by atoms with Crippen molar-refractivity contribution in [2.24, 2.45) is 0 Å². The first-order valence-corrected chi connectivity index (χ1v) is 11.4. The van der Waals surface area contributed by atoms with Crippen molar-refractivity contribution in [3.63, 3.8) is 0 Å². The second-order valence-electron chi connectivity index (χ2n) is 7.62. The van der Waals surface area contributed by atoms with E-state index in [-0.39, 0.29) is 11.9 Å². The van der Waals surface area contributed by atoms with Gasteiger partial charge in [-0.15, -0.1) is 0 Å². The number of fused-ring (bicyclic) bond motifs is 1. The van der Waals surface area contributed by atoms with Crippen LogP contribution in [0.3, 0.4) is 0 Å². The minimum atomic E-state index is -2.67. The molecule has 1 atom stereocenters. The minimum Gasteiger partial charge on any atom is -0.755 e. The largest absolute Gasteiger partial charge is 0.755 e. The average Bonchev–Trinajstić information content (AvgIpc) is 3.65. The lowest BCUT2D eigenvalue weighted by Crippen LogP contribution is -2.34. The average molecular weight is 443 g/mol. The Labute approximate surface area is 188 Å². The maximum absolute atomic E-state index is 13.8. The quantitative estimate of drug-likeness (QED) is 0.395. The van der Waals surface area contributed by atoms with Crippen LogP contribution in [0.15, 0.2) is 91.1 Å². The molecular formula is C25H20N3O3S-. The third-order valence-electron chi connectivity index (χ3n) is 5.50. The molecule has 7 heteroatoms. The fourth-order valence-corrected chi connectivity index (χ4v) is 4.55. The van der Waals surface area contributed by atoms with E-state index in [1.807, 2.05) is 42.5 Å². The Bertz CT molecular complexity index is 1300. The summed E-state index contributed by atoms with van der Waals surface area (Å²) in [4.78, 5) is 19.9. The maximum Gasteiger partial charge on any atom is 0.260 e. The Morgan fingerprint density at radius 2 is 1.56 bits per heavy atom.